The lowest BCUT2D eigenvalue weighted by molar-refractivity contribution is 0.206. The Bertz CT molecular complexity index is 1330. The average Bonchev–Trinajstić information content (AvgIpc) is 3.32. The predicted molar refractivity (Wildman–Crippen MR) is 140 cm³/mol. The topological polar surface area (TPSA) is 73.0 Å². The Morgan fingerprint density at radius 1 is 1.00 bits per heavy atom. The zero-order chi connectivity index (χ0) is 24.5. The van der Waals surface area contributed by atoms with Gasteiger partial charge in [0.2, 0.25) is 5.95 Å². The molecule has 1 aliphatic carbocycles. The highest BCUT2D eigenvalue weighted by atomic mass is 16.3. The molecule has 6 rings (SSSR count). The van der Waals surface area contributed by atoms with Gasteiger partial charge in [-0.1, -0.05) is 18.2 Å². The number of phenols is 1. The molecule has 0 bridgehead atoms. The largest absolute Gasteiger partial charge is 0.508 e. The number of pyridine rings is 1. The number of aryl methyl sites for hydroxylation is 1. The van der Waals surface area contributed by atoms with E-state index in [1.807, 2.05) is 36.7 Å². The van der Waals surface area contributed by atoms with Crippen molar-refractivity contribution in [2.24, 2.45) is 0 Å². The van der Waals surface area contributed by atoms with Gasteiger partial charge in [-0.15, -0.1) is 0 Å². The molecule has 3 aromatic heterocycles. The first-order chi connectivity index (χ1) is 17.6. The standard InChI is InChI=1S/C28H33N7O/c1-32(25-6-2-4-22-5-3-12-29-27(22)25)19-23-20-35-26(31-23)11-13-30-28(35)34-16-14-33(15-17-34)18-21-7-9-24(36)10-8-21/h3,5,7-13,20,25,36H,2,4,6,14-19H2,1H3/t25-/m0/s1. The lowest BCUT2D eigenvalue weighted by atomic mass is 9.91. The van der Waals surface area contributed by atoms with Crippen LogP contribution in [0.4, 0.5) is 5.95 Å². The normalized spacial score (nSPS) is 18.6. The number of benzene rings is 1. The fraction of sp³-hybridized carbons (Fsp3) is 0.393. The van der Waals surface area contributed by atoms with Crippen LogP contribution in [0.25, 0.3) is 5.65 Å². The van der Waals surface area contributed by atoms with Crippen molar-refractivity contribution >= 4 is 11.6 Å². The lowest BCUT2D eigenvalue weighted by Gasteiger charge is -2.35. The summed E-state index contributed by atoms with van der Waals surface area (Å²) in [5, 5.41) is 9.53. The lowest BCUT2D eigenvalue weighted by Crippen LogP contribution is -2.46. The van der Waals surface area contributed by atoms with Crippen LogP contribution in [0.15, 0.2) is 61.1 Å². The minimum atomic E-state index is 0.314. The molecule has 1 aliphatic heterocycles. The molecular weight excluding hydrogens is 450 g/mol. The number of aromatic hydroxyl groups is 1. The van der Waals surface area contributed by atoms with Gasteiger partial charge in [0.25, 0.3) is 0 Å². The maximum absolute atomic E-state index is 9.53. The molecular formula is C28H33N7O. The van der Waals surface area contributed by atoms with Crippen LogP contribution in [-0.4, -0.2) is 67.5 Å². The number of aromatic nitrogens is 4. The van der Waals surface area contributed by atoms with E-state index in [1.165, 1.54) is 23.2 Å². The van der Waals surface area contributed by atoms with Crippen molar-refractivity contribution in [1.82, 2.24) is 29.2 Å². The third-order valence-electron chi connectivity index (χ3n) is 7.52. The molecule has 0 unspecified atom stereocenters. The Hall–Kier alpha value is -3.49. The number of imidazole rings is 1. The van der Waals surface area contributed by atoms with Crippen LogP contribution in [-0.2, 0) is 19.5 Å². The molecule has 1 fully saturated rings. The van der Waals surface area contributed by atoms with Crippen LogP contribution in [0.1, 0.15) is 41.4 Å². The second kappa shape index (κ2) is 9.87. The quantitative estimate of drug-likeness (QED) is 0.449. The number of hydrogen-bond donors (Lipinski definition) is 1. The predicted octanol–water partition coefficient (Wildman–Crippen LogP) is 3.66. The van der Waals surface area contributed by atoms with E-state index in [0.29, 0.717) is 11.8 Å². The molecule has 1 atom stereocenters. The molecule has 8 heteroatoms. The average molecular weight is 484 g/mol. The Balaban J connectivity index is 1.14. The molecule has 0 radical (unpaired) electrons. The van der Waals surface area contributed by atoms with E-state index in [1.54, 1.807) is 12.1 Å². The Morgan fingerprint density at radius 3 is 2.67 bits per heavy atom. The van der Waals surface area contributed by atoms with E-state index < -0.39 is 0 Å². The van der Waals surface area contributed by atoms with Crippen molar-refractivity contribution in [3.05, 3.63) is 83.6 Å². The van der Waals surface area contributed by atoms with Crippen LogP contribution in [0.2, 0.25) is 0 Å². The fourth-order valence-electron chi connectivity index (χ4n) is 5.61. The molecule has 1 saturated heterocycles. The highest BCUT2D eigenvalue weighted by molar-refractivity contribution is 5.48. The molecule has 4 aromatic rings. The molecule has 36 heavy (non-hydrogen) atoms. The van der Waals surface area contributed by atoms with E-state index in [4.69, 9.17) is 15.0 Å². The van der Waals surface area contributed by atoms with Crippen molar-refractivity contribution in [2.75, 3.05) is 38.1 Å². The first-order valence-corrected chi connectivity index (χ1v) is 12.9. The van der Waals surface area contributed by atoms with Gasteiger partial charge in [0.05, 0.1) is 17.4 Å². The van der Waals surface area contributed by atoms with Gasteiger partial charge in [-0.25, -0.2) is 9.97 Å². The van der Waals surface area contributed by atoms with Crippen molar-refractivity contribution in [2.45, 2.75) is 38.4 Å². The molecule has 4 heterocycles. The van der Waals surface area contributed by atoms with Crippen LogP contribution < -0.4 is 4.90 Å². The van der Waals surface area contributed by atoms with E-state index in [9.17, 15) is 5.11 Å². The van der Waals surface area contributed by atoms with Crippen LogP contribution >= 0.6 is 0 Å². The van der Waals surface area contributed by atoms with Crippen molar-refractivity contribution < 1.29 is 5.11 Å². The monoisotopic (exact) mass is 483 g/mol. The van der Waals surface area contributed by atoms with Crippen molar-refractivity contribution in [3.8, 4) is 5.75 Å². The first kappa shape index (κ1) is 22.9. The molecule has 1 N–H and O–H groups in total. The van der Waals surface area contributed by atoms with Crippen LogP contribution in [0.3, 0.4) is 0 Å². The van der Waals surface area contributed by atoms with E-state index in [2.05, 4.69) is 38.4 Å². The highest BCUT2D eigenvalue weighted by Crippen LogP contribution is 2.32. The number of fused-ring (bicyclic) bond motifs is 2. The maximum atomic E-state index is 9.53. The van der Waals surface area contributed by atoms with E-state index in [0.717, 1.165) is 69.4 Å². The van der Waals surface area contributed by atoms with Gasteiger partial charge in [-0.2, -0.15) is 0 Å². The summed E-state index contributed by atoms with van der Waals surface area (Å²) in [7, 11) is 2.19. The van der Waals surface area contributed by atoms with Gasteiger partial charge in [-0.3, -0.25) is 19.2 Å². The molecule has 8 nitrogen and oxygen atoms in total. The number of phenolic OH excluding ortho intramolecular Hbond substituents is 1. The van der Waals surface area contributed by atoms with Crippen LogP contribution in [0, 0.1) is 0 Å². The summed E-state index contributed by atoms with van der Waals surface area (Å²) < 4.78 is 2.14. The number of piperazine rings is 1. The molecule has 0 amide bonds. The SMILES string of the molecule is CN(Cc1cn2c(N3CCN(Cc4ccc(O)cc4)CC3)nccc2n1)[C@H]1CCCc2cccnc21. The summed E-state index contributed by atoms with van der Waals surface area (Å²) in [6.45, 7) is 5.45. The number of nitrogens with zero attached hydrogens (tertiary/aromatic N) is 7. The van der Waals surface area contributed by atoms with Gasteiger partial charge in [0.15, 0.2) is 0 Å². The van der Waals surface area contributed by atoms with Crippen LogP contribution in [0.5, 0.6) is 5.75 Å². The Morgan fingerprint density at radius 2 is 1.83 bits per heavy atom. The van der Waals surface area contributed by atoms with Gasteiger partial charge in [0.1, 0.15) is 11.4 Å². The summed E-state index contributed by atoms with van der Waals surface area (Å²) in [5.41, 5.74) is 5.83. The summed E-state index contributed by atoms with van der Waals surface area (Å²) in [5.74, 6) is 1.27. The Labute approximate surface area is 211 Å². The fourth-order valence-corrected chi connectivity index (χ4v) is 5.61. The van der Waals surface area contributed by atoms with Gasteiger partial charge in [-0.05, 0) is 61.7 Å². The van der Waals surface area contributed by atoms with Gasteiger partial charge < -0.3 is 10.0 Å². The molecule has 1 aromatic carbocycles. The van der Waals surface area contributed by atoms with Gasteiger partial charge >= 0.3 is 0 Å². The molecule has 0 saturated carbocycles. The third kappa shape index (κ3) is 4.66. The number of rotatable bonds is 6. The van der Waals surface area contributed by atoms with Gasteiger partial charge in [0, 0.05) is 57.9 Å². The van der Waals surface area contributed by atoms with Crippen molar-refractivity contribution in [3.63, 3.8) is 0 Å². The zero-order valence-electron chi connectivity index (χ0n) is 20.8. The second-order valence-corrected chi connectivity index (χ2v) is 10.0. The number of anilines is 1. The smallest absolute Gasteiger partial charge is 0.211 e. The van der Waals surface area contributed by atoms with E-state index >= 15 is 0 Å². The summed E-state index contributed by atoms with van der Waals surface area (Å²) in [6, 6.07) is 14.1. The summed E-state index contributed by atoms with van der Waals surface area (Å²) >= 11 is 0. The number of hydrogen-bond acceptors (Lipinski definition) is 7. The molecule has 0 spiro atoms. The van der Waals surface area contributed by atoms with Crippen molar-refractivity contribution in [1.29, 1.82) is 0 Å². The maximum Gasteiger partial charge on any atom is 0.211 e. The first-order valence-electron chi connectivity index (χ1n) is 12.9. The third-order valence-corrected chi connectivity index (χ3v) is 7.52. The van der Waals surface area contributed by atoms with E-state index in [-0.39, 0.29) is 0 Å². The highest BCUT2D eigenvalue weighted by Gasteiger charge is 2.26. The Kier molecular flexibility index (Phi) is 6.29. The minimum absolute atomic E-state index is 0.314. The minimum Gasteiger partial charge on any atom is -0.508 e. The summed E-state index contributed by atoms with van der Waals surface area (Å²) in [6.07, 6.45) is 9.40. The molecule has 186 valence electrons. The second-order valence-electron chi connectivity index (χ2n) is 10.0. The molecule has 2 aliphatic rings. The summed E-state index contributed by atoms with van der Waals surface area (Å²) in [4.78, 5) is 21.6. The zero-order valence-corrected chi connectivity index (χ0v) is 20.8.